The van der Waals surface area contributed by atoms with Gasteiger partial charge >= 0.3 is 11.9 Å². The van der Waals surface area contributed by atoms with Crippen molar-refractivity contribution in [3.63, 3.8) is 0 Å². The molecule has 0 unspecified atom stereocenters. The van der Waals surface area contributed by atoms with Gasteiger partial charge in [-0.05, 0) is 88.8 Å². The van der Waals surface area contributed by atoms with Crippen LogP contribution in [0, 0.1) is 11.3 Å². The first kappa shape index (κ1) is 49.9. The van der Waals surface area contributed by atoms with Crippen LogP contribution in [0.3, 0.4) is 0 Å². The molecule has 0 aromatic carbocycles. The number of aliphatic hydroxyl groups excluding tert-OH is 1. The largest absolute Gasteiger partial charge is 0.466 e. The maximum absolute atomic E-state index is 12.6. The molecule has 0 fully saturated rings. The van der Waals surface area contributed by atoms with E-state index in [0.29, 0.717) is 26.1 Å². The van der Waals surface area contributed by atoms with Gasteiger partial charge in [-0.15, -0.1) is 0 Å². The van der Waals surface area contributed by atoms with Gasteiger partial charge in [-0.1, -0.05) is 157 Å². The summed E-state index contributed by atoms with van der Waals surface area (Å²) in [6.45, 7) is 15.9. The number of aliphatic hydroxyl groups is 1. The first-order chi connectivity index (χ1) is 24.8. The van der Waals surface area contributed by atoms with E-state index < -0.39 is 0 Å². The van der Waals surface area contributed by atoms with Gasteiger partial charge in [0.2, 0.25) is 0 Å². The molecular weight excluding hydrogens is 634 g/mol. The lowest BCUT2D eigenvalue weighted by atomic mass is 9.88. The number of carbonyl (C=O) groups excluding carboxylic acids is 2. The Morgan fingerprint density at radius 3 is 1.59 bits per heavy atom. The Balaban J connectivity index is 4.10. The van der Waals surface area contributed by atoms with E-state index in [1.165, 1.54) is 128 Å². The number of ether oxygens (including phenoxy) is 2. The fourth-order valence-corrected chi connectivity index (χ4v) is 7.11. The Labute approximate surface area is 318 Å². The molecule has 0 aliphatic heterocycles. The minimum Gasteiger partial charge on any atom is -0.466 e. The number of hydrogen-bond acceptors (Lipinski definition) is 6. The Morgan fingerprint density at radius 2 is 0.980 bits per heavy atom. The molecule has 0 spiro atoms. The third-order valence-electron chi connectivity index (χ3n) is 10.6. The van der Waals surface area contributed by atoms with Crippen LogP contribution >= 0.6 is 0 Å². The molecule has 0 saturated carbocycles. The van der Waals surface area contributed by atoms with Crippen molar-refractivity contribution in [1.82, 2.24) is 4.90 Å². The highest BCUT2D eigenvalue weighted by Crippen LogP contribution is 2.26. The van der Waals surface area contributed by atoms with Crippen molar-refractivity contribution in [2.45, 2.75) is 227 Å². The van der Waals surface area contributed by atoms with Gasteiger partial charge in [0.25, 0.3) is 0 Å². The van der Waals surface area contributed by atoms with Crippen molar-refractivity contribution in [1.29, 1.82) is 0 Å². The Hall–Kier alpha value is -1.14. The Bertz CT molecular complexity index is 747. The van der Waals surface area contributed by atoms with Crippen molar-refractivity contribution in [3.8, 4) is 0 Å². The Kier molecular flexibility index (Phi) is 36.4. The molecule has 0 radical (unpaired) electrons. The first-order valence-corrected chi connectivity index (χ1v) is 22.4. The molecule has 0 rings (SSSR count). The van der Waals surface area contributed by atoms with Gasteiger partial charge in [-0.3, -0.25) is 9.59 Å². The second-order valence-corrected chi connectivity index (χ2v) is 16.5. The van der Waals surface area contributed by atoms with Gasteiger partial charge in [-0.2, -0.15) is 0 Å². The summed E-state index contributed by atoms with van der Waals surface area (Å²) in [6, 6.07) is 0. The first-order valence-electron chi connectivity index (χ1n) is 22.4. The van der Waals surface area contributed by atoms with Crippen molar-refractivity contribution >= 4 is 11.9 Å². The van der Waals surface area contributed by atoms with E-state index in [1.807, 2.05) is 0 Å². The monoisotopic (exact) mass is 724 g/mol. The molecule has 0 saturated heterocycles. The average molecular weight is 724 g/mol. The highest BCUT2D eigenvalue weighted by molar-refractivity contribution is 5.69. The molecule has 0 aliphatic carbocycles. The molecule has 304 valence electrons. The highest BCUT2D eigenvalue weighted by Gasteiger charge is 2.20. The molecule has 0 atom stereocenters. The molecule has 0 aromatic rings. The molecule has 6 nitrogen and oxygen atoms in total. The third kappa shape index (κ3) is 35.6. The van der Waals surface area contributed by atoms with Crippen molar-refractivity contribution in [2.24, 2.45) is 11.3 Å². The summed E-state index contributed by atoms with van der Waals surface area (Å²) in [5.74, 6) is 0.736. The lowest BCUT2D eigenvalue weighted by molar-refractivity contribution is -0.147. The summed E-state index contributed by atoms with van der Waals surface area (Å²) in [7, 11) is 0. The van der Waals surface area contributed by atoms with Crippen LogP contribution in [0.15, 0.2) is 0 Å². The molecule has 0 aliphatic rings. The summed E-state index contributed by atoms with van der Waals surface area (Å²) in [5, 5.41) is 9.28. The summed E-state index contributed by atoms with van der Waals surface area (Å²) in [6.07, 6.45) is 34.6. The summed E-state index contributed by atoms with van der Waals surface area (Å²) < 4.78 is 11.2. The smallest absolute Gasteiger partial charge is 0.305 e. The molecule has 51 heavy (non-hydrogen) atoms. The zero-order chi connectivity index (χ0) is 37.7. The van der Waals surface area contributed by atoms with Crippen LogP contribution in [0.5, 0.6) is 0 Å². The molecule has 1 N–H and O–H groups in total. The van der Waals surface area contributed by atoms with E-state index in [1.54, 1.807) is 0 Å². The van der Waals surface area contributed by atoms with Gasteiger partial charge in [0, 0.05) is 19.4 Å². The minimum absolute atomic E-state index is 0.0148. The summed E-state index contributed by atoms with van der Waals surface area (Å²) in [4.78, 5) is 27.2. The fraction of sp³-hybridized carbons (Fsp3) is 0.956. The maximum atomic E-state index is 12.6. The van der Waals surface area contributed by atoms with E-state index in [9.17, 15) is 14.7 Å². The third-order valence-corrected chi connectivity index (χ3v) is 10.6. The quantitative estimate of drug-likeness (QED) is 0.0501. The molecule has 0 bridgehead atoms. The number of hydrogen-bond donors (Lipinski definition) is 1. The normalized spacial score (nSPS) is 11.9. The van der Waals surface area contributed by atoms with E-state index in [0.717, 1.165) is 76.9 Å². The van der Waals surface area contributed by atoms with E-state index >= 15 is 0 Å². The maximum Gasteiger partial charge on any atom is 0.305 e. The van der Waals surface area contributed by atoms with Crippen LogP contribution in [0.25, 0.3) is 0 Å². The zero-order valence-electron chi connectivity index (χ0n) is 35.1. The predicted molar refractivity (Wildman–Crippen MR) is 218 cm³/mol. The number of rotatable bonds is 40. The SMILES string of the molecule is CCCCCCCCCOC(=O)CCCCCCCN(CCCCO)CCCCCC(C)(C)COC(=O)CCCC(CCCCC)CCCCC. The molecule has 6 heteroatoms. The van der Waals surface area contributed by atoms with Crippen LogP contribution in [-0.4, -0.2) is 61.4 Å². The molecule has 0 amide bonds. The standard InChI is InChI=1S/C45H89NO5/c1-6-9-12-13-14-18-28-40-50-43(48)33-22-16-15-17-24-36-46(38-26-27-39-47)37-25-19-23-35-45(4,5)41-51-44(49)34-29-32-42(30-20-10-7-2)31-21-11-8-3/h42,47H,6-41H2,1-5H3. The molecule has 0 aromatic heterocycles. The van der Waals surface area contributed by atoms with Gasteiger partial charge in [-0.25, -0.2) is 0 Å². The predicted octanol–water partition coefficient (Wildman–Crippen LogP) is 12.8. The second-order valence-electron chi connectivity index (χ2n) is 16.5. The van der Waals surface area contributed by atoms with Gasteiger partial charge in [0.1, 0.15) is 0 Å². The number of esters is 2. The van der Waals surface area contributed by atoms with Gasteiger partial charge < -0.3 is 19.5 Å². The van der Waals surface area contributed by atoms with Crippen LogP contribution < -0.4 is 0 Å². The van der Waals surface area contributed by atoms with Crippen molar-refractivity contribution in [3.05, 3.63) is 0 Å². The van der Waals surface area contributed by atoms with Crippen molar-refractivity contribution in [2.75, 3.05) is 39.5 Å². The Morgan fingerprint density at radius 1 is 0.529 bits per heavy atom. The number of carbonyl (C=O) groups is 2. The summed E-state index contributed by atoms with van der Waals surface area (Å²) >= 11 is 0. The van der Waals surface area contributed by atoms with E-state index in [-0.39, 0.29) is 24.0 Å². The van der Waals surface area contributed by atoms with Crippen molar-refractivity contribution < 1.29 is 24.2 Å². The fourth-order valence-electron chi connectivity index (χ4n) is 7.11. The van der Waals surface area contributed by atoms with Crippen LogP contribution in [-0.2, 0) is 19.1 Å². The van der Waals surface area contributed by atoms with Gasteiger partial charge in [0.05, 0.1) is 13.2 Å². The lowest BCUT2D eigenvalue weighted by Crippen LogP contribution is -2.27. The average Bonchev–Trinajstić information content (AvgIpc) is 3.11. The zero-order valence-corrected chi connectivity index (χ0v) is 35.1. The molecule has 0 heterocycles. The summed E-state index contributed by atoms with van der Waals surface area (Å²) in [5.41, 5.74) is 0.0175. The minimum atomic E-state index is -0.0228. The van der Waals surface area contributed by atoms with Crippen LogP contribution in [0.1, 0.15) is 227 Å². The second kappa shape index (κ2) is 37.2. The van der Waals surface area contributed by atoms with Crippen LogP contribution in [0.4, 0.5) is 0 Å². The van der Waals surface area contributed by atoms with E-state index in [2.05, 4.69) is 39.5 Å². The number of nitrogens with zero attached hydrogens (tertiary/aromatic N) is 1. The highest BCUT2D eigenvalue weighted by atomic mass is 16.5. The molecular formula is C45H89NO5. The van der Waals surface area contributed by atoms with Crippen LogP contribution in [0.2, 0.25) is 0 Å². The lowest BCUT2D eigenvalue weighted by Gasteiger charge is -2.25. The number of unbranched alkanes of at least 4 members (excludes halogenated alkanes) is 17. The topological polar surface area (TPSA) is 76.1 Å². The van der Waals surface area contributed by atoms with E-state index in [4.69, 9.17) is 9.47 Å². The van der Waals surface area contributed by atoms with Gasteiger partial charge in [0.15, 0.2) is 0 Å².